The monoisotopic (exact) mass is 393 g/mol. The van der Waals surface area contributed by atoms with Gasteiger partial charge in [-0.15, -0.1) is 0 Å². The lowest BCUT2D eigenvalue weighted by atomic mass is 10.0. The molecule has 7 heteroatoms. The van der Waals surface area contributed by atoms with Crippen LogP contribution in [0.2, 0.25) is 0 Å². The molecule has 2 rings (SSSR count). The number of carboxylic acid groups (broad SMARTS) is 1. The molecular formula is C17H20BrN3O3. The Kier molecular flexibility index (Phi) is 5.77. The van der Waals surface area contributed by atoms with Crippen LogP contribution in [0.5, 0.6) is 0 Å². The first-order chi connectivity index (χ1) is 11.3. The van der Waals surface area contributed by atoms with Crippen LogP contribution in [0.15, 0.2) is 34.8 Å². The molecule has 0 saturated heterocycles. The Morgan fingerprint density at radius 2 is 2.04 bits per heavy atom. The maximum atomic E-state index is 12.5. The van der Waals surface area contributed by atoms with Crippen molar-refractivity contribution in [1.82, 2.24) is 15.1 Å². The van der Waals surface area contributed by atoms with Gasteiger partial charge in [0, 0.05) is 17.2 Å². The molecule has 1 unspecified atom stereocenters. The normalized spacial score (nSPS) is 12.2. The van der Waals surface area contributed by atoms with Crippen molar-refractivity contribution in [2.75, 3.05) is 0 Å². The average Bonchev–Trinajstić information content (AvgIpc) is 2.88. The standard InChI is InChI=1S/C17H20BrN3O3/c1-10(2)15-8-14(20-21(15)3)17(24)19-13(9-16(22)23)11-5-4-6-12(18)7-11/h4-8,10,13H,9H2,1-3H3,(H,19,24)(H,22,23). The topological polar surface area (TPSA) is 84.2 Å². The molecule has 0 fully saturated rings. The minimum atomic E-state index is -0.982. The van der Waals surface area contributed by atoms with Crippen LogP contribution in [0.4, 0.5) is 0 Å². The fourth-order valence-corrected chi connectivity index (χ4v) is 2.93. The van der Waals surface area contributed by atoms with Crippen LogP contribution in [-0.4, -0.2) is 26.8 Å². The Balaban J connectivity index is 2.24. The lowest BCUT2D eigenvalue weighted by molar-refractivity contribution is -0.137. The molecule has 1 aromatic heterocycles. The Labute approximate surface area is 149 Å². The molecule has 0 bridgehead atoms. The second-order valence-corrected chi connectivity index (χ2v) is 6.83. The van der Waals surface area contributed by atoms with E-state index in [1.165, 1.54) is 0 Å². The molecular weight excluding hydrogens is 374 g/mol. The molecule has 24 heavy (non-hydrogen) atoms. The molecule has 0 aliphatic rings. The van der Waals surface area contributed by atoms with E-state index >= 15 is 0 Å². The number of carboxylic acids is 1. The average molecular weight is 394 g/mol. The molecule has 0 aliphatic carbocycles. The number of nitrogens with zero attached hydrogens (tertiary/aromatic N) is 2. The minimum Gasteiger partial charge on any atom is -0.481 e. The number of nitrogens with one attached hydrogen (secondary N) is 1. The number of carbonyl (C=O) groups is 2. The highest BCUT2D eigenvalue weighted by molar-refractivity contribution is 9.10. The van der Waals surface area contributed by atoms with Gasteiger partial charge >= 0.3 is 5.97 Å². The van der Waals surface area contributed by atoms with Crippen LogP contribution in [0.25, 0.3) is 0 Å². The number of hydrogen-bond acceptors (Lipinski definition) is 3. The van der Waals surface area contributed by atoms with Gasteiger partial charge in [-0.1, -0.05) is 41.9 Å². The predicted octanol–water partition coefficient (Wildman–Crippen LogP) is 3.25. The molecule has 6 nitrogen and oxygen atoms in total. The van der Waals surface area contributed by atoms with E-state index in [9.17, 15) is 9.59 Å². The second kappa shape index (κ2) is 7.61. The maximum Gasteiger partial charge on any atom is 0.305 e. The molecule has 1 atom stereocenters. The first kappa shape index (κ1) is 18.2. The van der Waals surface area contributed by atoms with E-state index < -0.39 is 12.0 Å². The third kappa shape index (κ3) is 4.44. The van der Waals surface area contributed by atoms with Crippen molar-refractivity contribution in [3.05, 3.63) is 51.8 Å². The smallest absolute Gasteiger partial charge is 0.305 e. The Morgan fingerprint density at radius 3 is 2.58 bits per heavy atom. The molecule has 2 N–H and O–H groups in total. The van der Waals surface area contributed by atoms with Gasteiger partial charge in [0.2, 0.25) is 0 Å². The summed E-state index contributed by atoms with van der Waals surface area (Å²) in [6.45, 7) is 4.04. The summed E-state index contributed by atoms with van der Waals surface area (Å²) >= 11 is 3.36. The molecule has 1 amide bonds. The highest BCUT2D eigenvalue weighted by Gasteiger charge is 2.21. The summed E-state index contributed by atoms with van der Waals surface area (Å²) < 4.78 is 2.50. The number of rotatable bonds is 6. The van der Waals surface area contributed by atoms with E-state index in [0.29, 0.717) is 0 Å². The molecule has 128 valence electrons. The van der Waals surface area contributed by atoms with Gasteiger partial charge in [-0.05, 0) is 29.7 Å². The number of aromatic nitrogens is 2. The fourth-order valence-electron chi connectivity index (χ4n) is 2.52. The predicted molar refractivity (Wildman–Crippen MR) is 93.9 cm³/mol. The van der Waals surface area contributed by atoms with Crippen molar-refractivity contribution in [3.63, 3.8) is 0 Å². The summed E-state index contributed by atoms with van der Waals surface area (Å²) in [5, 5.41) is 16.1. The lowest BCUT2D eigenvalue weighted by Gasteiger charge is -2.17. The quantitative estimate of drug-likeness (QED) is 0.788. The van der Waals surface area contributed by atoms with Crippen molar-refractivity contribution in [3.8, 4) is 0 Å². The van der Waals surface area contributed by atoms with Gasteiger partial charge in [0.1, 0.15) is 5.69 Å². The van der Waals surface area contributed by atoms with Gasteiger partial charge < -0.3 is 10.4 Å². The number of hydrogen-bond donors (Lipinski definition) is 2. The number of aliphatic carboxylic acids is 1. The first-order valence-corrected chi connectivity index (χ1v) is 8.39. The zero-order valence-corrected chi connectivity index (χ0v) is 15.4. The van der Waals surface area contributed by atoms with E-state index in [4.69, 9.17) is 5.11 Å². The maximum absolute atomic E-state index is 12.5. The third-order valence-electron chi connectivity index (χ3n) is 3.68. The summed E-state index contributed by atoms with van der Waals surface area (Å²) in [6.07, 6.45) is -0.202. The first-order valence-electron chi connectivity index (χ1n) is 7.60. The lowest BCUT2D eigenvalue weighted by Crippen LogP contribution is -2.30. The summed E-state index contributed by atoms with van der Waals surface area (Å²) in [4.78, 5) is 23.6. The zero-order chi connectivity index (χ0) is 17.9. The van der Waals surface area contributed by atoms with E-state index in [-0.39, 0.29) is 23.9 Å². The van der Waals surface area contributed by atoms with Crippen LogP contribution in [0.1, 0.15) is 54.0 Å². The van der Waals surface area contributed by atoms with Crippen LogP contribution >= 0.6 is 15.9 Å². The number of carbonyl (C=O) groups excluding carboxylic acids is 1. The SMILES string of the molecule is CC(C)c1cc(C(=O)NC(CC(=O)O)c2cccc(Br)c2)nn1C. The number of halogens is 1. The van der Waals surface area contributed by atoms with Crippen LogP contribution in [0, 0.1) is 0 Å². The van der Waals surface area contributed by atoms with Gasteiger partial charge in [0.25, 0.3) is 5.91 Å². The molecule has 0 saturated carbocycles. The van der Waals surface area contributed by atoms with Crippen LogP contribution < -0.4 is 5.32 Å². The summed E-state index contributed by atoms with van der Waals surface area (Å²) in [5.41, 5.74) is 1.95. The summed E-state index contributed by atoms with van der Waals surface area (Å²) in [5.74, 6) is -1.13. The molecule has 0 radical (unpaired) electrons. The van der Waals surface area contributed by atoms with Gasteiger partial charge in [0.05, 0.1) is 12.5 Å². The number of amides is 1. The fraction of sp³-hybridized carbons (Fsp3) is 0.353. The third-order valence-corrected chi connectivity index (χ3v) is 4.17. The van der Waals surface area contributed by atoms with Crippen LogP contribution in [0.3, 0.4) is 0 Å². The number of aryl methyl sites for hydroxylation is 1. The van der Waals surface area contributed by atoms with Crippen molar-refractivity contribution >= 4 is 27.8 Å². The van der Waals surface area contributed by atoms with Gasteiger partial charge in [-0.2, -0.15) is 5.10 Å². The van der Waals surface area contributed by atoms with Crippen LogP contribution in [-0.2, 0) is 11.8 Å². The molecule has 0 spiro atoms. The van der Waals surface area contributed by atoms with E-state index in [0.717, 1.165) is 15.7 Å². The van der Waals surface area contributed by atoms with Gasteiger partial charge in [0.15, 0.2) is 0 Å². The van der Waals surface area contributed by atoms with E-state index in [1.54, 1.807) is 36.0 Å². The van der Waals surface area contributed by atoms with E-state index in [1.807, 2.05) is 19.9 Å². The van der Waals surface area contributed by atoms with Crippen molar-refractivity contribution < 1.29 is 14.7 Å². The summed E-state index contributed by atoms with van der Waals surface area (Å²) in [6, 6.07) is 8.34. The molecule has 1 aromatic carbocycles. The highest BCUT2D eigenvalue weighted by atomic mass is 79.9. The molecule has 2 aromatic rings. The number of benzene rings is 1. The zero-order valence-electron chi connectivity index (χ0n) is 13.8. The Morgan fingerprint density at radius 1 is 1.33 bits per heavy atom. The Hall–Kier alpha value is -2.15. The van der Waals surface area contributed by atoms with Crippen molar-refractivity contribution in [1.29, 1.82) is 0 Å². The molecule has 1 heterocycles. The van der Waals surface area contributed by atoms with Gasteiger partial charge in [-0.25, -0.2) is 0 Å². The van der Waals surface area contributed by atoms with E-state index in [2.05, 4.69) is 26.3 Å². The minimum absolute atomic E-state index is 0.202. The summed E-state index contributed by atoms with van der Waals surface area (Å²) in [7, 11) is 1.79. The molecule has 0 aliphatic heterocycles. The Bertz CT molecular complexity index is 755. The van der Waals surface area contributed by atoms with Crippen molar-refractivity contribution in [2.24, 2.45) is 7.05 Å². The second-order valence-electron chi connectivity index (χ2n) is 5.91. The highest BCUT2D eigenvalue weighted by Crippen LogP contribution is 2.22. The largest absolute Gasteiger partial charge is 0.481 e. The van der Waals surface area contributed by atoms with Gasteiger partial charge in [-0.3, -0.25) is 14.3 Å². The van der Waals surface area contributed by atoms with Crippen molar-refractivity contribution in [2.45, 2.75) is 32.2 Å².